The largest absolute Gasteiger partial charge is 0.417 e. The van der Waals surface area contributed by atoms with Crippen molar-refractivity contribution >= 4 is 15.9 Å². The number of rotatable bonds is 5. The van der Waals surface area contributed by atoms with Crippen molar-refractivity contribution in [1.82, 2.24) is 24.8 Å². The van der Waals surface area contributed by atoms with Gasteiger partial charge in [-0.3, -0.25) is 9.78 Å². The summed E-state index contributed by atoms with van der Waals surface area (Å²) in [5.74, 6) is 0.246. The van der Waals surface area contributed by atoms with E-state index >= 15 is 0 Å². The van der Waals surface area contributed by atoms with Gasteiger partial charge in [0.25, 0.3) is 5.89 Å². The van der Waals surface area contributed by atoms with E-state index in [-0.39, 0.29) is 18.4 Å². The molecule has 134 valence electrons. The number of nitrogens with zero attached hydrogens (tertiary/aromatic N) is 4. The molecule has 25 heavy (non-hydrogen) atoms. The van der Waals surface area contributed by atoms with Crippen LogP contribution in [0.5, 0.6) is 0 Å². The Morgan fingerprint density at radius 2 is 2.08 bits per heavy atom. The average molecular weight is 365 g/mol. The Bertz CT molecular complexity index is 829. The maximum atomic E-state index is 12.2. The van der Waals surface area contributed by atoms with Gasteiger partial charge in [0.05, 0.1) is 12.8 Å². The lowest BCUT2D eigenvalue weighted by molar-refractivity contribution is -0.126. The number of hydrogen-bond acceptors (Lipinski definition) is 7. The highest BCUT2D eigenvalue weighted by Crippen LogP contribution is 2.19. The molecule has 1 fully saturated rings. The van der Waals surface area contributed by atoms with E-state index in [4.69, 9.17) is 4.42 Å². The summed E-state index contributed by atoms with van der Waals surface area (Å²) in [6.07, 6.45) is 3.82. The van der Waals surface area contributed by atoms with Crippen LogP contribution in [0.2, 0.25) is 0 Å². The second kappa shape index (κ2) is 7.28. The number of hydrogen-bond donors (Lipinski definition) is 1. The highest BCUT2D eigenvalue weighted by atomic mass is 32.2. The summed E-state index contributed by atoms with van der Waals surface area (Å²) in [6.45, 7) is 0.855. The molecule has 0 radical (unpaired) electrons. The zero-order valence-corrected chi connectivity index (χ0v) is 14.6. The molecule has 0 bridgehead atoms. The Kier molecular flexibility index (Phi) is 5.09. The number of sulfonamides is 1. The maximum absolute atomic E-state index is 12.2. The van der Waals surface area contributed by atoms with Gasteiger partial charge in [-0.2, -0.15) is 0 Å². The molecular weight excluding hydrogens is 346 g/mol. The van der Waals surface area contributed by atoms with E-state index in [2.05, 4.69) is 20.5 Å². The number of amides is 1. The Morgan fingerprint density at radius 3 is 2.72 bits per heavy atom. The first-order valence-corrected chi connectivity index (χ1v) is 9.75. The van der Waals surface area contributed by atoms with Crippen molar-refractivity contribution in [3.05, 3.63) is 30.3 Å². The molecule has 0 unspecified atom stereocenters. The number of aromatic nitrogens is 3. The van der Waals surface area contributed by atoms with Crippen LogP contribution in [0.3, 0.4) is 0 Å². The zero-order chi connectivity index (χ0) is 17.9. The summed E-state index contributed by atoms with van der Waals surface area (Å²) >= 11 is 0. The van der Waals surface area contributed by atoms with E-state index in [1.54, 1.807) is 18.3 Å². The third kappa shape index (κ3) is 4.40. The van der Waals surface area contributed by atoms with Gasteiger partial charge < -0.3 is 9.73 Å². The lowest BCUT2D eigenvalue weighted by atomic mass is 9.97. The third-order valence-corrected chi connectivity index (χ3v) is 5.36. The van der Waals surface area contributed by atoms with Crippen LogP contribution in [-0.4, -0.2) is 53.2 Å². The van der Waals surface area contributed by atoms with Crippen molar-refractivity contribution in [2.24, 2.45) is 5.92 Å². The first-order valence-electron chi connectivity index (χ1n) is 7.90. The van der Waals surface area contributed by atoms with Gasteiger partial charge in [-0.15, -0.1) is 10.2 Å². The van der Waals surface area contributed by atoms with E-state index in [0.717, 1.165) is 0 Å². The van der Waals surface area contributed by atoms with Gasteiger partial charge in [0.2, 0.25) is 21.8 Å². The number of carbonyl (C=O) groups is 1. The van der Waals surface area contributed by atoms with Crippen molar-refractivity contribution in [3.63, 3.8) is 0 Å². The van der Waals surface area contributed by atoms with E-state index in [1.165, 1.54) is 10.6 Å². The fourth-order valence-electron chi connectivity index (χ4n) is 2.67. The van der Waals surface area contributed by atoms with E-state index in [0.29, 0.717) is 43.4 Å². The SMILES string of the molecule is CS(=O)(=O)N1CCC(C(=O)NCc2nnc(-c3ccccn3)o2)CC1. The molecule has 1 amide bonds. The zero-order valence-electron chi connectivity index (χ0n) is 13.8. The highest BCUT2D eigenvalue weighted by Gasteiger charge is 2.28. The minimum Gasteiger partial charge on any atom is -0.417 e. The number of pyridine rings is 1. The molecule has 0 spiro atoms. The number of carbonyl (C=O) groups excluding carboxylic acids is 1. The molecule has 0 saturated carbocycles. The van der Waals surface area contributed by atoms with Crippen molar-refractivity contribution in [1.29, 1.82) is 0 Å². The minimum atomic E-state index is -3.19. The van der Waals surface area contributed by atoms with Gasteiger partial charge in [-0.1, -0.05) is 6.07 Å². The quantitative estimate of drug-likeness (QED) is 0.815. The molecule has 0 aromatic carbocycles. The molecule has 0 atom stereocenters. The van der Waals surface area contributed by atoms with E-state index < -0.39 is 10.0 Å². The average Bonchev–Trinajstić information content (AvgIpc) is 3.09. The van der Waals surface area contributed by atoms with Crippen molar-refractivity contribution in [2.75, 3.05) is 19.3 Å². The molecule has 3 heterocycles. The van der Waals surface area contributed by atoms with Crippen LogP contribution in [0, 0.1) is 5.92 Å². The fraction of sp³-hybridized carbons (Fsp3) is 0.467. The van der Waals surface area contributed by atoms with Gasteiger partial charge in [0, 0.05) is 25.2 Å². The van der Waals surface area contributed by atoms with Crippen LogP contribution in [0.15, 0.2) is 28.8 Å². The Labute approximate surface area is 145 Å². The van der Waals surface area contributed by atoms with Gasteiger partial charge in [0.1, 0.15) is 5.69 Å². The molecular formula is C15H19N5O4S. The molecule has 3 rings (SSSR count). The van der Waals surface area contributed by atoms with Crippen LogP contribution < -0.4 is 5.32 Å². The van der Waals surface area contributed by atoms with Crippen molar-refractivity contribution in [3.8, 4) is 11.6 Å². The predicted octanol–water partition coefficient (Wildman–Crippen LogP) is 0.419. The summed E-state index contributed by atoms with van der Waals surface area (Å²) in [5.41, 5.74) is 0.570. The first kappa shape index (κ1) is 17.5. The highest BCUT2D eigenvalue weighted by molar-refractivity contribution is 7.88. The molecule has 2 aromatic rings. The summed E-state index contributed by atoms with van der Waals surface area (Å²) in [5, 5.41) is 10.6. The molecule has 9 nitrogen and oxygen atoms in total. The normalized spacial score (nSPS) is 16.7. The van der Waals surface area contributed by atoms with Gasteiger partial charge in [-0.25, -0.2) is 12.7 Å². The molecule has 2 aromatic heterocycles. The van der Waals surface area contributed by atoms with Gasteiger partial charge >= 0.3 is 0 Å². The van der Waals surface area contributed by atoms with E-state index in [1.807, 2.05) is 6.07 Å². The van der Waals surface area contributed by atoms with Crippen LogP contribution in [-0.2, 0) is 21.4 Å². The molecule has 1 saturated heterocycles. The molecule has 1 aliphatic heterocycles. The predicted molar refractivity (Wildman–Crippen MR) is 88.5 cm³/mol. The summed E-state index contributed by atoms with van der Waals surface area (Å²) in [7, 11) is -3.19. The van der Waals surface area contributed by atoms with Gasteiger partial charge in [-0.05, 0) is 25.0 Å². The monoisotopic (exact) mass is 365 g/mol. The second-order valence-corrected chi connectivity index (χ2v) is 7.85. The maximum Gasteiger partial charge on any atom is 0.266 e. The van der Waals surface area contributed by atoms with Crippen molar-refractivity contribution in [2.45, 2.75) is 19.4 Å². The van der Waals surface area contributed by atoms with E-state index in [9.17, 15) is 13.2 Å². The van der Waals surface area contributed by atoms with Crippen LogP contribution in [0.4, 0.5) is 0 Å². The lowest BCUT2D eigenvalue weighted by Gasteiger charge is -2.29. The fourth-order valence-corrected chi connectivity index (χ4v) is 3.55. The van der Waals surface area contributed by atoms with Gasteiger partial charge in [0.15, 0.2) is 0 Å². The Balaban J connectivity index is 1.51. The molecule has 0 aliphatic carbocycles. The summed E-state index contributed by atoms with van der Waals surface area (Å²) in [6, 6.07) is 5.36. The topological polar surface area (TPSA) is 118 Å². The smallest absolute Gasteiger partial charge is 0.266 e. The Hall–Kier alpha value is -2.33. The first-order chi connectivity index (χ1) is 11.9. The summed E-state index contributed by atoms with van der Waals surface area (Å²) in [4.78, 5) is 16.3. The summed E-state index contributed by atoms with van der Waals surface area (Å²) < 4.78 is 29.8. The molecule has 1 aliphatic rings. The minimum absolute atomic E-state index is 0.130. The van der Waals surface area contributed by atoms with Crippen LogP contribution in [0.25, 0.3) is 11.6 Å². The molecule has 10 heteroatoms. The molecule has 1 N–H and O–H groups in total. The number of piperidine rings is 1. The Morgan fingerprint density at radius 1 is 1.32 bits per heavy atom. The number of nitrogens with one attached hydrogen (secondary N) is 1. The van der Waals surface area contributed by atoms with Crippen LogP contribution >= 0.6 is 0 Å². The lowest BCUT2D eigenvalue weighted by Crippen LogP contribution is -2.42. The third-order valence-electron chi connectivity index (χ3n) is 4.06. The standard InChI is InChI=1S/C15H19N5O4S/c1-25(22,23)20-8-5-11(6-9-20)14(21)17-10-13-18-19-15(24-13)12-4-2-3-7-16-12/h2-4,7,11H,5-6,8-10H2,1H3,(H,17,21). The van der Waals surface area contributed by atoms with Crippen LogP contribution in [0.1, 0.15) is 18.7 Å². The van der Waals surface area contributed by atoms with Crippen molar-refractivity contribution < 1.29 is 17.6 Å². The second-order valence-electron chi connectivity index (χ2n) is 5.87.